The molecule has 2 heterocycles. The minimum Gasteiger partial charge on any atom is -0.298 e. The molecular formula is C10H10IN3O. The summed E-state index contributed by atoms with van der Waals surface area (Å²) in [5.74, 6) is 1.82. The molecular weight excluding hydrogens is 305 g/mol. The minimum absolute atomic E-state index is 0.0774. The number of aromatic nitrogens is 2. The number of carbonyl (C=O) groups excluding carboxylic acids is 1. The Kier molecular flexibility index (Phi) is 1.99. The SMILES string of the molecule is CN1C(=O)[C@H](I)C2CC2c2nccnc21. The van der Waals surface area contributed by atoms with E-state index < -0.39 is 0 Å². The predicted octanol–water partition coefficient (Wildman–Crippen LogP) is 1.36. The van der Waals surface area contributed by atoms with Gasteiger partial charge in [0.1, 0.15) is 0 Å². The van der Waals surface area contributed by atoms with Crippen LogP contribution in [0.4, 0.5) is 5.82 Å². The van der Waals surface area contributed by atoms with Gasteiger partial charge >= 0.3 is 0 Å². The van der Waals surface area contributed by atoms with Gasteiger partial charge in [0, 0.05) is 25.4 Å². The number of anilines is 1. The van der Waals surface area contributed by atoms with Crippen molar-refractivity contribution in [3.05, 3.63) is 18.1 Å². The maximum absolute atomic E-state index is 12.0. The highest BCUT2D eigenvalue weighted by Crippen LogP contribution is 2.55. The van der Waals surface area contributed by atoms with Gasteiger partial charge in [0.05, 0.1) is 9.62 Å². The first kappa shape index (κ1) is 9.50. The number of nitrogens with zero attached hydrogens (tertiary/aromatic N) is 3. The summed E-state index contributed by atoms with van der Waals surface area (Å²) in [4.78, 5) is 22.3. The fourth-order valence-electron chi connectivity index (χ4n) is 2.19. The molecule has 1 fully saturated rings. The summed E-state index contributed by atoms with van der Waals surface area (Å²) in [7, 11) is 1.78. The van der Waals surface area contributed by atoms with Crippen LogP contribution in [-0.4, -0.2) is 26.8 Å². The Labute approximate surface area is 101 Å². The molecule has 1 amide bonds. The van der Waals surface area contributed by atoms with Gasteiger partial charge < -0.3 is 0 Å². The number of amides is 1. The molecule has 4 nitrogen and oxygen atoms in total. The van der Waals surface area contributed by atoms with Crippen LogP contribution in [0.3, 0.4) is 0 Å². The number of carbonyl (C=O) groups is 1. The summed E-state index contributed by atoms with van der Waals surface area (Å²) in [5.41, 5.74) is 0.998. The second kappa shape index (κ2) is 3.13. The first-order valence-corrected chi connectivity index (χ1v) is 6.17. The molecule has 2 aliphatic rings. The molecule has 1 aliphatic carbocycles. The number of halogens is 1. The van der Waals surface area contributed by atoms with Crippen molar-refractivity contribution >= 4 is 34.3 Å². The fraction of sp³-hybridized carbons (Fsp3) is 0.500. The van der Waals surface area contributed by atoms with E-state index in [0.29, 0.717) is 11.8 Å². The Morgan fingerprint density at radius 1 is 1.47 bits per heavy atom. The van der Waals surface area contributed by atoms with Crippen LogP contribution in [0.5, 0.6) is 0 Å². The molecule has 0 spiro atoms. The average Bonchev–Trinajstić information content (AvgIpc) is 3.05. The lowest BCUT2D eigenvalue weighted by Gasteiger charge is -2.18. The number of hydrogen-bond donors (Lipinski definition) is 0. The number of fused-ring (bicyclic) bond motifs is 3. The summed E-state index contributed by atoms with van der Waals surface area (Å²) >= 11 is 2.24. The molecule has 1 aliphatic heterocycles. The minimum atomic E-state index is 0.0774. The molecule has 15 heavy (non-hydrogen) atoms. The lowest BCUT2D eigenvalue weighted by molar-refractivity contribution is -0.117. The molecule has 5 heteroatoms. The molecule has 78 valence electrons. The molecule has 1 saturated carbocycles. The molecule has 0 radical (unpaired) electrons. The number of alkyl halides is 1. The third-order valence-electron chi connectivity index (χ3n) is 3.16. The van der Waals surface area contributed by atoms with Crippen molar-refractivity contribution in [2.24, 2.45) is 5.92 Å². The summed E-state index contributed by atoms with van der Waals surface area (Å²) < 4.78 is 0.0774. The van der Waals surface area contributed by atoms with Crippen molar-refractivity contribution < 1.29 is 4.79 Å². The highest BCUT2D eigenvalue weighted by Gasteiger charge is 2.51. The van der Waals surface area contributed by atoms with E-state index >= 15 is 0 Å². The van der Waals surface area contributed by atoms with E-state index in [0.717, 1.165) is 17.9 Å². The van der Waals surface area contributed by atoms with Gasteiger partial charge in [-0.2, -0.15) is 0 Å². The maximum atomic E-state index is 12.0. The monoisotopic (exact) mass is 315 g/mol. The smallest absolute Gasteiger partial charge is 0.241 e. The number of hydrogen-bond acceptors (Lipinski definition) is 3. The zero-order valence-electron chi connectivity index (χ0n) is 8.22. The Morgan fingerprint density at radius 2 is 2.20 bits per heavy atom. The molecule has 3 rings (SSSR count). The van der Waals surface area contributed by atoms with Gasteiger partial charge in [0.2, 0.25) is 5.91 Å². The lowest BCUT2D eigenvalue weighted by atomic mass is 10.2. The average molecular weight is 315 g/mol. The predicted molar refractivity (Wildman–Crippen MR) is 64.1 cm³/mol. The van der Waals surface area contributed by atoms with Crippen molar-refractivity contribution in [1.82, 2.24) is 9.97 Å². The van der Waals surface area contributed by atoms with E-state index in [9.17, 15) is 4.79 Å². The van der Waals surface area contributed by atoms with E-state index in [1.54, 1.807) is 24.3 Å². The second-order valence-electron chi connectivity index (χ2n) is 4.07. The molecule has 0 N–H and O–H groups in total. The van der Waals surface area contributed by atoms with Gasteiger partial charge in [-0.1, -0.05) is 22.6 Å². The van der Waals surface area contributed by atoms with Gasteiger partial charge in [-0.15, -0.1) is 0 Å². The normalized spacial score (nSPS) is 33.1. The van der Waals surface area contributed by atoms with E-state index in [1.807, 2.05) is 0 Å². The Hall–Kier alpha value is -0.720. The maximum Gasteiger partial charge on any atom is 0.241 e. The van der Waals surface area contributed by atoms with Gasteiger partial charge in [-0.05, 0) is 12.3 Å². The third-order valence-corrected chi connectivity index (χ3v) is 4.61. The topological polar surface area (TPSA) is 46.1 Å². The van der Waals surface area contributed by atoms with Crippen molar-refractivity contribution in [3.63, 3.8) is 0 Å². The van der Waals surface area contributed by atoms with Crippen LogP contribution in [-0.2, 0) is 4.79 Å². The molecule has 3 atom stereocenters. The largest absolute Gasteiger partial charge is 0.298 e. The van der Waals surface area contributed by atoms with Crippen molar-refractivity contribution in [1.29, 1.82) is 0 Å². The Bertz CT molecular complexity index is 436. The van der Waals surface area contributed by atoms with Crippen LogP contribution in [0.1, 0.15) is 18.0 Å². The summed E-state index contributed by atoms with van der Waals surface area (Å²) in [6.45, 7) is 0. The van der Waals surface area contributed by atoms with Crippen LogP contribution >= 0.6 is 22.6 Å². The molecule has 0 aromatic carbocycles. The molecule has 1 aromatic rings. The van der Waals surface area contributed by atoms with Crippen LogP contribution in [0.15, 0.2) is 12.4 Å². The van der Waals surface area contributed by atoms with Gasteiger partial charge in [0.25, 0.3) is 0 Å². The van der Waals surface area contributed by atoms with Crippen molar-refractivity contribution in [2.75, 3.05) is 11.9 Å². The highest BCUT2D eigenvalue weighted by molar-refractivity contribution is 14.1. The first-order valence-electron chi connectivity index (χ1n) is 4.92. The molecule has 0 saturated heterocycles. The van der Waals surface area contributed by atoms with Crippen molar-refractivity contribution in [2.45, 2.75) is 16.3 Å². The van der Waals surface area contributed by atoms with Crippen LogP contribution in [0, 0.1) is 5.92 Å². The summed E-state index contributed by atoms with van der Waals surface area (Å²) in [5, 5.41) is 0. The third kappa shape index (κ3) is 1.28. The van der Waals surface area contributed by atoms with Gasteiger partial charge in [0.15, 0.2) is 5.82 Å². The summed E-state index contributed by atoms with van der Waals surface area (Å²) in [6, 6.07) is 0. The fourth-order valence-corrected chi connectivity index (χ4v) is 3.40. The number of rotatable bonds is 0. The first-order chi connectivity index (χ1) is 7.20. The van der Waals surface area contributed by atoms with Crippen molar-refractivity contribution in [3.8, 4) is 0 Å². The van der Waals surface area contributed by atoms with Crippen LogP contribution < -0.4 is 4.90 Å². The van der Waals surface area contributed by atoms with E-state index in [2.05, 4.69) is 32.6 Å². The second-order valence-corrected chi connectivity index (χ2v) is 5.41. The van der Waals surface area contributed by atoms with E-state index in [4.69, 9.17) is 0 Å². The lowest BCUT2D eigenvalue weighted by Crippen LogP contribution is -2.34. The van der Waals surface area contributed by atoms with E-state index in [-0.39, 0.29) is 9.83 Å². The van der Waals surface area contributed by atoms with Gasteiger partial charge in [-0.25, -0.2) is 4.98 Å². The Balaban J connectivity index is 2.14. The zero-order chi connectivity index (χ0) is 10.6. The van der Waals surface area contributed by atoms with E-state index in [1.165, 1.54) is 0 Å². The zero-order valence-corrected chi connectivity index (χ0v) is 10.4. The summed E-state index contributed by atoms with van der Waals surface area (Å²) in [6.07, 6.45) is 4.44. The van der Waals surface area contributed by atoms with Crippen LogP contribution in [0.25, 0.3) is 0 Å². The molecule has 1 aromatic heterocycles. The standard InChI is InChI=1S/C10H10IN3O/c1-14-9-8(12-2-3-13-9)6-4-5(6)7(11)10(14)15/h2-3,5-7H,4H2,1H3/t5?,6?,7-/m1/s1. The Morgan fingerprint density at radius 3 is 3.00 bits per heavy atom. The molecule has 0 bridgehead atoms. The molecule has 2 unspecified atom stereocenters. The quantitative estimate of drug-likeness (QED) is 0.536. The van der Waals surface area contributed by atoms with Gasteiger partial charge in [-0.3, -0.25) is 14.7 Å². The van der Waals surface area contributed by atoms with Crippen LogP contribution in [0.2, 0.25) is 0 Å². The highest BCUT2D eigenvalue weighted by atomic mass is 127.